The van der Waals surface area contributed by atoms with E-state index in [9.17, 15) is 0 Å². The average molecular weight is 162 g/mol. The summed E-state index contributed by atoms with van der Waals surface area (Å²) in [7, 11) is 1.72. The molecule has 0 aromatic carbocycles. The van der Waals surface area contributed by atoms with E-state index < -0.39 is 0 Å². The molecule has 0 rings (SSSR count). The van der Waals surface area contributed by atoms with E-state index in [1.165, 1.54) is 0 Å². The molecule has 0 heterocycles. The number of methoxy groups -OCH3 is 1. The number of ether oxygens (including phenoxy) is 1. The fourth-order valence-electron chi connectivity index (χ4n) is 0.694. The van der Waals surface area contributed by atoms with Gasteiger partial charge in [-0.25, -0.2) is 0 Å². The van der Waals surface area contributed by atoms with Crippen LogP contribution < -0.4 is 11.1 Å². The third-order valence-electron chi connectivity index (χ3n) is 1.26. The van der Waals surface area contributed by atoms with Crippen LogP contribution in [-0.4, -0.2) is 33.4 Å². The van der Waals surface area contributed by atoms with E-state index in [0.29, 0.717) is 0 Å². The maximum atomic E-state index is 5.30. The molecule has 3 heteroatoms. The van der Waals surface area contributed by atoms with E-state index in [1.54, 1.807) is 7.11 Å². The third-order valence-corrected chi connectivity index (χ3v) is 1.26. The zero-order valence-corrected chi connectivity index (χ0v) is 6.73. The van der Waals surface area contributed by atoms with Gasteiger partial charge in [0, 0.05) is 13.7 Å². The van der Waals surface area contributed by atoms with Gasteiger partial charge >= 0.3 is 0 Å². The third kappa shape index (κ3) is 13.0. The van der Waals surface area contributed by atoms with Gasteiger partial charge in [-0.05, 0) is 32.5 Å². The van der Waals surface area contributed by atoms with Crippen molar-refractivity contribution in [3.8, 4) is 0 Å². The molecule has 11 heavy (non-hydrogen) atoms. The monoisotopic (exact) mass is 162 g/mol. The molecule has 0 radical (unpaired) electrons. The van der Waals surface area contributed by atoms with Crippen molar-refractivity contribution in [3.63, 3.8) is 0 Å². The maximum Gasteiger partial charge on any atom is 0.0474 e. The lowest BCUT2D eigenvalue weighted by Gasteiger charge is -2.01. The molecule has 0 saturated carbocycles. The second kappa shape index (κ2) is 12.5. The first-order valence-corrected chi connectivity index (χ1v) is 3.81. The average Bonchev–Trinajstić information content (AvgIpc) is 1.97. The van der Waals surface area contributed by atoms with Crippen LogP contribution >= 0.6 is 0 Å². The first-order valence-electron chi connectivity index (χ1n) is 3.81. The normalized spacial score (nSPS) is 9.27. The van der Waals surface area contributed by atoms with Crippen molar-refractivity contribution in [2.24, 2.45) is 5.73 Å². The highest BCUT2D eigenvalue weighted by atomic mass is 16.5. The first kappa shape index (κ1) is 13.5. The summed E-state index contributed by atoms with van der Waals surface area (Å²) >= 11 is 0. The van der Waals surface area contributed by atoms with Crippen LogP contribution in [0.25, 0.3) is 0 Å². The molecule has 0 aromatic rings. The van der Waals surface area contributed by atoms with Crippen LogP contribution in [-0.2, 0) is 4.74 Å². The van der Waals surface area contributed by atoms with E-state index >= 15 is 0 Å². The molecule has 0 atom stereocenters. The molecule has 0 bridgehead atoms. The molecule has 0 saturated heterocycles. The van der Waals surface area contributed by atoms with Gasteiger partial charge < -0.3 is 15.8 Å². The number of nitrogens with two attached hydrogens (primary N) is 1. The Morgan fingerprint density at radius 2 is 1.91 bits per heavy atom. The molecule has 3 N–H and O–H groups in total. The van der Waals surface area contributed by atoms with E-state index in [0.717, 1.165) is 39.1 Å². The van der Waals surface area contributed by atoms with Crippen LogP contribution in [0.4, 0.5) is 0 Å². The van der Waals surface area contributed by atoms with Crippen LogP contribution in [0.1, 0.15) is 20.3 Å². The predicted molar refractivity (Wildman–Crippen MR) is 49.8 cm³/mol. The van der Waals surface area contributed by atoms with Gasteiger partial charge in [0.1, 0.15) is 0 Å². The number of hydrogen-bond acceptors (Lipinski definition) is 3. The highest BCUT2D eigenvalue weighted by Crippen LogP contribution is 1.77. The molecule has 0 fully saturated rings. The van der Waals surface area contributed by atoms with Gasteiger partial charge in [0.05, 0.1) is 0 Å². The van der Waals surface area contributed by atoms with Crippen molar-refractivity contribution >= 4 is 0 Å². The Hall–Kier alpha value is -0.120. The quantitative estimate of drug-likeness (QED) is 0.539. The summed E-state index contributed by atoms with van der Waals surface area (Å²) in [5, 5.41) is 3.26. The van der Waals surface area contributed by atoms with E-state index in [-0.39, 0.29) is 7.43 Å². The highest BCUT2D eigenvalue weighted by Gasteiger charge is 1.85. The molecule has 0 spiro atoms. The van der Waals surface area contributed by atoms with Crippen LogP contribution in [0.2, 0.25) is 0 Å². The predicted octanol–water partition coefficient (Wildman–Crippen LogP) is 0.597. The Balaban J connectivity index is 0. The number of rotatable bonds is 7. The Labute approximate surface area is 70.3 Å². The van der Waals surface area contributed by atoms with Crippen LogP contribution in [0.5, 0.6) is 0 Å². The highest BCUT2D eigenvalue weighted by molar-refractivity contribution is 4.47. The van der Waals surface area contributed by atoms with Crippen molar-refractivity contribution in [2.75, 3.05) is 33.4 Å². The summed E-state index contributed by atoms with van der Waals surface area (Å²) in [5.74, 6) is 0. The Morgan fingerprint density at radius 3 is 2.45 bits per heavy atom. The van der Waals surface area contributed by atoms with Crippen molar-refractivity contribution in [3.05, 3.63) is 0 Å². The minimum absolute atomic E-state index is 0. The van der Waals surface area contributed by atoms with E-state index in [1.807, 2.05) is 0 Å². The lowest BCUT2D eigenvalue weighted by Crippen LogP contribution is -2.20. The van der Waals surface area contributed by atoms with E-state index in [4.69, 9.17) is 10.5 Å². The maximum absolute atomic E-state index is 5.30. The minimum atomic E-state index is 0. The van der Waals surface area contributed by atoms with Gasteiger partial charge in [0.15, 0.2) is 0 Å². The molecule has 0 aliphatic carbocycles. The van der Waals surface area contributed by atoms with Crippen molar-refractivity contribution < 1.29 is 4.74 Å². The van der Waals surface area contributed by atoms with Crippen LogP contribution in [0.15, 0.2) is 0 Å². The fourth-order valence-corrected chi connectivity index (χ4v) is 0.694. The summed E-state index contributed by atoms with van der Waals surface area (Å²) in [5.41, 5.74) is 5.30. The summed E-state index contributed by atoms with van der Waals surface area (Å²) < 4.78 is 4.88. The standard InChI is InChI=1S/C7H18N2O.CH4/c1-10-7-3-6-9-5-2-4-8;/h9H,2-8H2,1H3;1H4. The van der Waals surface area contributed by atoms with Crippen molar-refractivity contribution in [1.29, 1.82) is 0 Å². The van der Waals surface area contributed by atoms with Crippen molar-refractivity contribution in [1.82, 2.24) is 5.32 Å². The van der Waals surface area contributed by atoms with Crippen molar-refractivity contribution in [2.45, 2.75) is 20.3 Å². The zero-order chi connectivity index (χ0) is 7.66. The van der Waals surface area contributed by atoms with Gasteiger partial charge in [0.2, 0.25) is 0 Å². The van der Waals surface area contributed by atoms with Gasteiger partial charge in [0.25, 0.3) is 0 Å². The summed E-state index contributed by atoms with van der Waals surface area (Å²) in [6.45, 7) is 3.68. The zero-order valence-electron chi connectivity index (χ0n) is 6.73. The van der Waals surface area contributed by atoms with Gasteiger partial charge in [-0.2, -0.15) is 0 Å². The Kier molecular flexibility index (Phi) is 15.4. The van der Waals surface area contributed by atoms with Gasteiger partial charge in [-0.15, -0.1) is 0 Å². The largest absolute Gasteiger partial charge is 0.385 e. The second-order valence-electron chi connectivity index (χ2n) is 2.24. The van der Waals surface area contributed by atoms with Crippen LogP contribution in [0.3, 0.4) is 0 Å². The second-order valence-corrected chi connectivity index (χ2v) is 2.24. The molecule has 0 amide bonds. The number of hydrogen-bond donors (Lipinski definition) is 2. The van der Waals surface area contributed by atoms with Gasteiger partial charge in [-0.3, -0.25) is 0 Å². The number of nitrogens with one attached hydrogen (secondary N) is 1. The molecule has 0 aromatic heterocycles. The molecule has 0 aliphatic rings. The SMILES string of the molecule is C.COCCCNCCCN. The topological polar surface area (TPSA) is 47.3 Å². The Bertz CT molecular complexity index is 52.1. The molecule has 0 unspecified atom stereocenters. The van der Waals surface area contributed by atoms with Crippen LogP contribution in [0, 0.1) is 0 Å². The molecule has 0 aliphatic heterocycles. The van der Waals surface area contributed by atoms with Gasteiger partial charge in [-0.1, -0.05) is 7.43 Å². The lowest BCUT2D eigenvalue weighted by atomic mass is 10.4. The summed E-state index contributed by atoms with van der Waals surface area (Å²) in [6, 6.07) is 0. The minimum Gasteiger partial charge on any atom is -0.385 e. The fraction of sp³-hybridized carbons (Fsp3) is 1.00. The van der Waals surface area contributed by atoms with E-state index in [2.05, 4.69) is 5.32 Å². The Morgan fingerprint density at radius 1 is 1.27 bits per heavy atom. The molecule has 3 nitrogen and oxygen atoms in total. The molecular formula is C8H22N2O. The molecular weight excluding hydrogens is 140 g/mol. The summed E-state index contributed by atoms with van der Waals surface area (Å²) in [4.78, 5) is 0. The summed E-state index contributed by atoms with van der Waals surface area (Å²) in [6.07, 6.45) is 2.15. The smallest absolute Gasteiger partial charge is 0.0474 e. The first-order chi connectivity index (χ1) is 4.91. The molecule has 70 valence electrons. The lowest BCUT2D eigenvalue weighted by molar-refractivity contribution is 0.194.